The van der Waals surface area contributed by atoms with Gasteiger partial charge in [-0.05, 0) is 50.1 Å². The van der Waals surface area contributed by atoms with Crippen molar-refractivity contribution in [1.82, 2.24) is 29.1 Å². The SMILES string of the molecule is CCCCCn1cnc(-c2ccc(F)nc2)c1.NCCCCn1cnc(-c2ccc(F)nc2)c1. The van der Waals surface area contributed by atoms with Crippen molar-refractivity contribution in [3.8, 4) is 22.5 Å². The van der Waals surface area contributed by atoms with Gasteiger partial charge in [-0.15, -0.1) is 0 Å². The third-order valence-corrected chi connectivity index (χ3v) is 5.20. The van der Waals surface area contributed by atoms with Crippen molar-refractivity contribution < 1.29 is 8.78 Å². The average molecular weight is 468 g/mol. The predicted octanol–water partition coefficient (Wildman–Crippen LogP) is 5.10. The van der Waals surface area contributed by atoms with Crippen LogP contribution in [0.15, 0.2) is 61.7 Å². The average Bonchev–Trinajstić information content (AvgIpc) is 3.51. The first-order valence-corrected chi connectivity index (χ1v) is 11.6. The van der Waals surface area contributed by atoms with Gasteiger partial charge in [-0.2, -0.15) is 8.78 Å². The fourth-order valence-electron chi connectivity index (χ4n) is 3.30. The summed E-state index contributed by atoms with van der Waals surface area (Å²) in [7, 11) is 0. The van der Waals surface area contributed by atoms with Gasteiger partial charge in [0.05, 0.1) is 24.0 Å². The molecule has 4 aromatic heterocycles. The van der Waals surface area contributed by atoms with Gasteiger partial charge in [0.2, 0.25) is 11.9 Å². The molecule has 0 saturated heterocycles. The third kappa shape index (κ3) is 7.84. The van der Waals surface area contributed by atoms with Crippen LogP contribution in [0.3, 0.4) is 0 Å². The van der Waals surface area contributed by atoms with Crippen LogP contribution in [0, 0.1) is 11.9 Å². The van der Waals surface area contributed by atoms with Crippen LogP contribution in [0.2, 0.25) is 0 Å². The van der Waals surface area contributed by atoms with E-state index in [9.17, 15) is 8.78 Å². The number of nitrogens with two attached hydrogens (primary N) is 1. The maximum atomic E-state index is 12.7. The molecule has 2 N–H and O–H groups in total. The van der Waals surface area contributed by atoms with E-state index in [-0.39, 0.29) is 0 Å². The van der Waals surface area contributed by atoms with E-state index in [0.717, 1.165) is 54.9 Å². The highest BCUT2D eigenvalue weighted by Gasteiger charge is 2.04. The molecule has 0 spiro atoms. The van der Waals surface area contributed by atoms with Crippen molar-refractivity contribution in [3.63, 3.8) is 0 Å². The summed E-state index contributed by atoms with van der Waals surface area (Å²) >= 11 is 0. The maximum Gasteiger partial charge on any atom is 0.212 e. The van der Waals surface area contributed by atoms with Gasteiger partial charge in [-0.3, -0.25) is 0 Å². The van der Waals surface area contributed by atoms with E-state index in [1.807, 2.05) is 23.3 Å². The van der Waals surface area contributed by atoms with Crippen molar-refractivity contribution in [2.45, 2.75) is 52.1 Å². The molecule has 0 aliphatic rings. The summed E-state index contributed by atoms with van der Waals surface area (Å²) in [5.74, 6) is -0.938. The summed E-state index contributed by atoms with van der Waals surface area (Å²) in [5.41, 5.74) is 8.76. The Morgan fingerprint density at radius 3 is 1.62 bits per heavy atom. The third-order valence-electron chi connectivity index (χ3n) is 5.20. The molecule has 34 heavy (non-hydrogen) atoms. The van der Waals surface area contributed by atoms with E-state index < -0.39 is 11.9 Å². The standard InChI is InChI=1S/C13H16FN3.C12H15FN4/c1-2-3-4-7-17-9-12(16-10-17)11-5-6-13(14)15-8-11;13-12-4-3-10(7-15-12)11-8-17(9-16-11)6-2-1-5-14/h5-6,8-10H,2-4,7H2,1H3;3-4,7-9H,1-2,5-6,14H2. The molecule has 0 saturated carbocycles. The van der Waals surface area contributed by atoms with E-state index in [4.69, 9.17) is 5.73 Å². The molecule has 180 valence electrons. The molecule has 0 aliphatic carbocycles. The molecule has 0 aromatic carbocycles. The van der Waals surface area contributed by atoms with Gasteiger partial charge in [0, 0.05) is 49.0 Å². The number of aromatic nitrogens is 6. The van der Waals surface area contributed by atoms with Gasteiger partial charge < -0.3 is 14.9 Å². The van der Waals surface area contributed by atoms with Crippen molar-refractivity contribution in [2.75, 3.05) is 6.54 Å². The van der Waals surface area contributed by atoms with Crippen molar-refractivity contribution in [2.24, 2.45) is 5.73 Å². The quantitative estimate of drug-likeness (QED) is 0.259. The van der Waals surface area contributed by atoms with Crippen LogP contribution in [0.1, 0.15) is 39.0 Å². The minimum Gasteiger partial charge on any atom is -0.337 e. The molecule has 0 fully saturated rings. The van der Waals surface area contributed by atoms with Gasteiger partial charge in [-0.25, -0.2) is 19.9 Å². The zero-order valence-electron chi connectivity index (χ0n) is 19.4. The Bertz CT molecular complexity index is 1020. The summed E-state index contributed by atoms with van der Waals surface area (Å²) in [5, 5.41) is 0. The highest BCUT2D eigenvalue weighted by atomic mass is 19.1. The number of pyridine rings is 2. The summed E-state index contributed by atoms with van der Waals surface area (Å²) < 4.78 is 29.4. The van der Waals surface area contributed by atoms with Gasteiger partial charge in [0.15, 0.2) is 0 Å². The topological polar surface area (TPSA) is 87.4 Å². The Balaban J connectivity index is 0.000000191. The van der Waals surface area contributed by atoms with Crippen LogP contribution in [-0.2, 0) is 13.1 Å². The highest BCUT2D eigenvalue weighted by molar-refractivity contribution is 5.57. The molecule has 4 heterocycles. The molecule has 0 aliphatic heterocycles. The number of halogens is 2. The van der Waals surface area contributed by atoms with Crippen LogP contribution < -0.4 is 5.73 Å². The first kappa shape index (κ1) is 25.2. The summed E-state index contributed by atoms with van der Waals surface area (Å²) in [6, 6.07) is 6.06. The Morgan fingerprint density at radius 2 is 1.21 bits per heavy atom. The first-order valence-electron chi connectivity index (χ1n) is 11.6. The fourth-order valence-corrected chi connectivity index (χ4v) is 3.30. The van der Waals surface area contributed by atoms with E-state index >= 15 is 0 Å². The smallest absolute Gasteiger partial charge is 0.212 e. The van der Waals surface area contributed by atoms with Crippen molar-refractivity contribution in [3.05, 3.63) is 73.6 Å². The lowest BCUT2D eigenvalue weighted by atomic mass is 10.2. The van der Waals surface area contributed by atoms with Crippen molar-refractivity contribution in [1.29, 1.82) is 0 Å². The lowest BCUT2D eigenvalue weighted by Gasteiger charge is -1.99. The number of imidazole rings is 2. The lowest BCUT2D eigenvalue weighted by Crippen LogP contribution is -2.01. The maximum absolute atomic E-state index is 12.7. The van der Waals surface area contributed by atoms with Crippen LogP contribution in [0.4, 0.5) is 8.78 Å². The zero-order valence-corrected chi connectivity index (χ0v) is 19.4. The molecule has 7 nitrogen and oxygen atoms in total. The second-order valence-electron chi connectivity index (χ2n) is 7.94. The highest BCUT2D eigenvalue weighted by Crippen LogP contribution is 2.17. The Morgan fingerprint density at radius 1 is 0.706 bits per heavy atom. The Labute approximate surface area is 198 Å². The van der Waals surface area contributed by atoms with Gasteiger partial charge in [0.1, 0.15) is 0 Å². The second kappa shape index (κ2) is 13.3. The molecular weight excluding hydrogens is 436 g/mol. The minimum atomic E-state index is -0.476. The summed E-state index contributed by atoms with van der Waals surface area (Å²) in [4.78, 5) is 15.8. The molecule has 0 amide bonds. The van der Waals surface area contributed by atoms with Gasteiger partial charge in [-0.1, -0.05) is 19.8 Å². The van der Waals surface area contributed by atoms with Crippen LogP contribution in [-0.4, -0.2) is 35.6 Å². The first-order chi connectivity index (χ1) is 16.6. The molecule has 4 aromatic rings. The molecule has 0 bridgehead atoms. The Hall–Kier alpha value is -3.46. The number of hydrogen-bond donors (Lipinski definition) is 1. The normalized spacial score (nSPS) is 10.7. The number of hydrogen-bond acceptors (Lipinski definition) is 5. The number of nitrogens with zero attached hydrogens (tertiary/aromatic N) is 6. The molecular formula is C25H31F2N7. The molecule has 4 rings (SSSR count). The van der Waals surface area contributed by atoms with Gasteiger partial charge in [0.25, 0.3) is 0 Å². The molecule has 0 unspecified atom stereocenters. The fraction of sp³-hybridized carbons (Fsp3) is 0.360. The van der Waals surface area contributed by atoms with Crippen LogP contribution in [0.5, 0.6) is 0 Å². The number of unbranched alkanes of at least 4 members (excludes halogenated alkanes) is 3. The molecule has 9 heteroatoms. The number of aryl methyl sites for hydroxylation is 2. The monoisotopic (exact) mass is 467 g/mol. The van der Waals surface area contributed by atoms with E-state index in [2.05, 4.69) is 31.4 Å². The molecule has 0 radical (unpaired) electrons. The summed E-state index contributed by atoms with van der Waals surface area (Å²) in [6.07, 6.45) is 16.1. The second-order valence-corrected chi connectivity index (χ2v) is 7.94. The summed E-state index contributed by atoms with van der Waals surface area (Å²) in [6.45, 7) is 4.78. The van der Waals surface area contributed by atoms with Gasteiger partial charge >= 0.3 is 0 Å². The van der Waals surface area contributed by atoms with Crippen LogP contribution >= 0.6 is 0 Å². The zero-order chi connectivity index (χ0) is 24.2. The minimum absolute atomic E-state index is 0.462. The Kier molecular flexibility index (Phi) is 9.84. The lowest BCUT2D eigenvalue weighted by molar-refractivity contribution is 0.583. The van der Waals surface area contributed by atoms with E-state index in [0.29, 0.717) is 6.54 Å². The van der Waals surface area contributed by atoms with Crippen molar-refractivity contribution >= 4 is 0 Å². The predicted molar refractivity (Wildman–Crippen MR) is 129 cm³/mol. The van der Waals surface area contributed by atoms with Crippen LogP contribution in [0.25, 0.3) is 22.5 Å². The molecule has 0 atom stereocenters. The largest absolute Gasteiger partial charge is 0.337 e. The number of rotatable bonds is 10. The van der Waals surface area contributed by atoms with E-state index in [1.54, 1.807) is 18.5 Å². The van der Waals surface area contributed by atoms with E-state index in [1.165, 1.54) is 37.4 Å².